The number of ether oxygens (including phenoxy) is 1. The Hall–Kier alpha value is -1.94. The summed E-state index contributed by atoms with van der Waals surface area (Å²) in [5.41, 5.74) is 1.22. The minimum atomic E-state index is -0.386. The molecule has 0 unspecified atom stereocenters. The largest absolute Gasteiger partial charge is 0.454 e. The summed E-state index contributed by atoms with van der Waals surface area (Å²) in [6.07, 6.45) is 2.30. The molecule has 0 bridgehead atoms. The van der Waals surface area contributed by atoms with E-state index in [1.807, 2.05) is 0 Å². The number of nitrogens with one attached hydrogen (secondary N) is 1. The van der Waals surface area contributed by atoms with Gasteiger partial charge < -0.3 is 10.1 Å². The quantitative estimate of drug-likeness (QED) is 0.885. The zero-order valence-corrected chi connectivity index (χ0v) is 11.8. The number of hydrogen-bond donors (Lipinski definition) is 1. The van der Waals surface area contributed by atoms with Crippen molar-refractivity contribution in [3.63, 3.8) is 0 Å². The first-order valence-corrected chi connectivity index (χ1v) is 7.08. The van der Waals surface area contributed by atoms with Gasteiger partial charge in [-0.1, -0.05) is 12.1 Å². The lowest BCUT2D eigenvalue weighted by atomic mass is 10.2. The van der Waals surface area contributed by atoms with Gasteiger partial charge in [0.2, 0.25) is 0 Å². The average Bonchev–Trinajstić information content (AvgIpc) is 3.28. The van der Waals surface area contributed by atoms with E-state index in [4.69, 9.17) is 4.74 Å². The van der Waals surface area contributed by atoms with Crippen molar-refractivity contribution in [1.82, 2.24) is 5.32 Å². The molecule has 0 heterocycles. The van der Waals surface area contributed by atoms with Gasteiger partial charge in [-0.05, 0) is 49.6 Å². The van der Waals surface area contributed by atoms with Crippen LogP contribution in [0.2, 0.25) is 0 Å². The first-order chi connectivity index (χ1) is 10.1. The van der Waals surface area contributed by atoms with Gasteiger partial charge in [0.05, 0.1) is 0 Å². The van der Waals surface area contributed by atoms with Crippen LogP contribution in [0.4, 0.5) is 8.78 Å². The molecule has 1 saturated carbocycles. The molecule has 2 aromatic rings. The summed E-state index contributed by atoms with van der Waals surface area (Å²) in [6.45, 7) is 2.20. The maximum atomic E-state index is 14.0. The Labute approximate surface area is 122 Å². The fourth-order valence-electron chi connectivity index (χ4n) is 2.15. The Morgan fingerprint density at radius 1 is 1.14 bits per heavy atom. The standard InChI is InChI=1S/C17H17F2NO/c1-11-3-2-4-16(17(11)19)21-15-8-5-13(18)9-12(15)10-20-14-6-7-14/h2-5,8-9,14,20H,6-7,10H2,1H3. The van der Waals surface area contributed by atoms with Crippen molar-refractivity contribution in [2.75, 3.05) is 0 Å². The monoisotopic (exact) mass is 289 g/mol. The van der Waals surface area contributed by atoms with Gasteiger partial charge in [-0.25, -0.2) is 8.78 Å². The van der Waals surface area contributed by atoms with Crippen LogP contribution in [-0.2, 0) is 6.54 Å². The minimum absolute atomic E-state index is 0.161. The van der Waals surface area contributed by atoms with Crippen molar-refractivity contribution >= 4 is 0 Å². The summed E-state index contributed by atoms with van der Waals surface area (Å²) in [5, 5.41) is 3.31. The highest BCUT2D eigenvalue weighted by Crippen LogP contribution is 2.30. The molecule has 3 rings (SSSR count). The second kappa shape index (κ2) is 5.82. The molecule has 1 aliphatic carbocycles. The molecule has 1 N–H and O–H groups in total. The van der Waals surface area contributed by atoms with Crippen molar-refractivity contribution in [3.05, 3.63) is 59.2 Å². The highest BCUT2D eigenvalue weighted by Gasteiger charge is 2.21. The van der Waals surface area contributed by atoms with E-state index in [2.05, 4.69) is 5.32 Å². The highest BCUT2D eigenvalue weighted by molar-refractivity contribution is 5.40. The lowest BCUT2D eigenvalue weighted by Gasteiger charge is -2.13. The van der Waals surface area contributed by atoms with Crippen LogP contribution in [0.3, 0.4) is 0 Å². The average molecular weight is 289 g/mol. The predicted molar refractivity (Wildman–Crippen MR) is 77.5 cm³/mol. The van der Waals surface area contributed by atoms with E-state index < -0.39 is 0 Å². The molecule has 1 aliphatic rings. The van der Waals surface area contributed by atoms with Crippen molar-refractivity contribution in [2.45, 2.75) is 32.4 Å². The van der Waals surface area contributed by atoms with E-state index in [0.29, 0.717) is 29.5 Å². The summed E-state index contributed by atoms with van der Waals surface area (Å²) < 4.78 is 33.1. The van der Waals surface area contributed by atoms with Crippen molar-refractivity contribution < 1.29 is 13.5 Å². The van der Waals surface area contributed by atoms with Gasteiger partial charge in [-0.15, -0.1) is 0 Å². The van der Waals surface area contributed by atoms with Crippen molar-refractivity contribution in [2.24, 2.45) is 0 Å². The second-order valence-electron chi connectivity index (χ2n) is 5.40. The number of rotatable bonds is 5. The Kier molecular flexibility index (Phi) is 3.88. The number of aryl methyl sites for hydroxylation is 1. The molecule has 2 aromatic carbocycles. The molecule has 0 saturated heterocycles. The van der Waals surface area contributed by atoms with E-state index >= 15 is 0 Å². The van der Waals surface area contributed by atoms with Gasteiger partial charge in [0, 0.05) is 18.2 Å². The van der Waals surface area contributed by atoms with E-state index in [0.717, 1.165) is 12.8 Å². The van der Waals surface area contributed by atoms with Crippen LogP contribution in [0, 0.1) is 18.6 Å². The summed E-state index contributed by atoms with van der Waals surface area (Å²) in [7, 11) is 0. The molecular formula is C17H17F2NO. The molecule has 0 aromatic heterocycles. The van der Waals surface area contributed by atoms with Crippen LogP contribution >= 0.6 is 0 Å². The molecule has 110 valence electrons. The zero-order valence-electron chi connectivity index (χ0n) is 11.8. The molecule has 0 spiro atoms. The maximum Gasteiger partial charge on any atom is 0.168 e. The molecular weight excluding hydrogens is 272 g/mol. The Balaban J connectivity index is 1.84. The Morgan fingerprint density at radius 2 is 1.95 bits per heavy atom. The summed E-state index contributed by atoms with van der Waals surface area (Å²) in [6, 6.07) is 9.80. The first kappa shape index (κ1) is 14.0. The highest BCUT2D eigenvalue weighted by atomic mass is 19.1. The van der Waals surface area contributed by atoms with Crippen molar-refractivity contribution in [1.29, 1.82) is 0 Å². The van der Waals surface area contributed by atoms with Gasteiger partial charge in [-0.3, -0.25) is 0 Å². The maximum absolute atomic E-state index is 14.0. The number of benzene rings is 2. The SMILES string of the molecule is Cc1cccc(Oc2ccc(F)cc2CNC2CC2)c1F. The van der Waals surface area contributed by atoms with Gasteiger partial charge in [0.25, 0.3) is 0 Å². The summed E-state index contributed by atoms with van der Waals surface area (Å²) in [4.78, 5) is 0. The third-order valence-electron chi connectivity index (χ3n) is 3.56. The van der Waals surface area contributed by atoms with Crippen LogP contribution in [0.5, 0.6) is 11.5 Å². The van der Waals surface area contributed by atoms with Crippen LogP contribution in [0.1, 0.15) is 24.0 Å². The molecule has 0 aliphatic heterocycles. The molecule has 21 heavy (non-hydrogen) atoms. The number of halogens is 2. The Morgan fingerprint density at radius 3 is 2.71 bits per heavy atom. The smallest absolute Gasteiger partial charge is 0.168 e. The first-order valence-electron chi connectivity index (χ1n) is 7.08. The van der Waals surface area contributed by atoms with Crippen LogP contribution in [0.15, 0.2) is 36.4 Å². The lowest BCUT2D eigenvalue weighted by molar-refractivity contribution is 0.432. The van der Waals surface area contributed by atoms with Gasteiger partial charge in [0.15, 0.2) is 11.6 Å². The van der Waals surface area contributed by atoms with Gasteiger partial charge in [-0.2, -0.15) is 0 Å². The summed E-state index contributed by atoms with van der Waals surface area (Å²) >= 11 is 0. The molecule has 0 atom stereocenters. The molecule has 0 amide bonds. The van der Waals surface area contributed by atoms with Crippen LogP contribution < -0.4 is 10.1 Å². The predicted octanol–water partition coefficient (Wildman–Crippen LogP) is 4.32. The van der Waals surface area contributed by atoms with Gasteiger partial charge >= 0.3 is 0 Å². The second-order valence-corrected chi connectivity index (χ2v) is 5.40. The third-order valence-corrected chi connectivity index (χ3v) is 3.56. The van der Waals surface area contributed by atoms with Crippen LogP contribution in [0.25, 0.3) is 0 Å². The van der Waals surface area contributed by atoms with E-state index in [9.17, 15) is 8.78 Å². The topological polar surface area (TPSA) is 21.3 Å². The molecule has 4 heteroatoms. The van der Waals surface area contributed by atoms with E-state index in [-0.39, 0.29) is 17.4 Å². The lowest BCUT2D eigenvalue weighted by Crippen LogP contribution is -2.16. The molecule has 0 radical (unpaired) electrons. The van der Waals surface area contributed by atoms with Crippen molar-refractivity contribution in [3.8, 4) is 11.5 Å². The summed E-state index contributed by atoms with van der Waals surface area (Å²) in [5.74, 6) is -0.0640. The van der Waals surface area contributed by atoms with Gasteiger partial charge in [0.1, 0.15) is 11.6 Å². The fourth-order valence-corrected chi connectivity index (χ4v) is 2.15. The van der Waals surface area contributed by atoms with Crippen LogP contribution in [-0.4, -0.2) is 6.04 Å². The van der Waals surface area contributed by atoms with E-state index in [1.165, 1.54) is 12.1 Å². The third kappa shape index (κ3) is 3.39. The zero-order chi connectivity index (χ0) is 14.8. The Bertz CT molecular complexity index is 653. The normalized spacial score (nSPS) is 14.2. The fraction of sp³-hybridized carbons (Fsp3) is 0.294. The molecule has 1 fully saturated rings. The van der Waals surface area contributed by atoms with E-state index in [1.54, 1.807) is 31.2 Å². The number of hydrogen-bond acceptors (Lipinski definition) is 2. The minimum Gasteiger partial charge on any atom is -0.454 e. The molecule has 2 nitrogen and oxygen atoms in total.